The van der Waals surface area contributed by atoms with Crippen LogP contribution in [0.5, 0.6) is 0 Å². The largest absolute Gasteiger partial charge is 0.456 e. The fourth-order valence-electron chi connectivity index (χ4n) is 12.0. The Morgan fingerprint density at radius 2 is 0.925 bits per heavy atom. The number of furan rings is 2. The molecule has 2 aromatic heterocycles. The maximum absolute atomic E-state index is 7.21. The highest BCUT2D eigenvalue weighted by molar-refractivity contribution is 6.27. The summed E-state index contributed by atoms with van der Waals surface area (Å²) in [5.74, 6) is 0. The summed E-state index contributed by atoms with van der Waals surface area (Å²) < 4.78 is 13.7. The van der Waals surface area contributed by atoms with E-state index >= 15 is 0 Å². The van der Waals surface area contributed by atoms with Gasteiger partial charge in [-0.15, -0.1) is 0 Å². The molecule has 14 rings (SSSR count). The molecule has 0 atom stereocenters. The third-order valence-electron chi connectivity index (χ3n) is 14.9. The van der Waals surface area contributed by atoms with Gasteiger partial charge in [0.1, 0.15) is 16.7 Å². The van der Waals surface area contributed by atoms with Crippen LogP contribution in [0.15, 0.2) is 233 Å². The predicted molar refractivity (Wildman–Crippen MR) is 276 cm³/mol. The van der Waals surface area contributed by atoms with E-state index in [-0.39, 0.29) is 5.41 Å². The Morgan fingerprint density at radius 1 is 0.358 bits per heavy atom. The molecule has 12 aromatic rings. The first-order valence-electron chi connectivity index (χ1n) is 23.2. The molecule has 0 unspecified atom stereocenters. The van der Waals surface area contributed by atoms with Crippen LogP contribution < -0.4 is 4.90 Å². The summed E-state index contributed by atoms with van der Waals surface area (Å²) in [5, 5.41) is 4.24. The van der Waals surface area contributed by atoms with Crippen molar-refractivity contribution in [3.8, 4) is 33.4 Å². The minimum absolute atomic E-state index is 0.152. The molecule has 3 nitrogen and oxygen atoms in total. The highest BCUT2D eigenvalue weighted by Crippen LogP contribution is 2.58. The van der Waals surface area contributed by atoms with Crippen LogP contribution in [0, 0.1) is 0 Å². The summed E-state index contributed by atoms with van der Waals surface area (Å²) in [5.41, 5.74) is 20.7. The van der Waals surface area contributed by atoms with Crippen LogP contribution in [-0.2, 0) is 10.8 Å². The number of nitrogens with zero attached hydrogens (tertiary/aromatic N) is 1. The lowest BCUT2D eigenvalue weighted by Gasteiger charge is -2.35. The van der Waals surface area contributed by atoms with Crippen molar-refractivity contribution < 1.29 is 8.83 Å². The van der Waals surface area contributed by atoms with Crippen LogP contribution in [-0.4, -0.2) is 0 Å². The molecule has 316 valence electrons. The summed E-state index contributed by atoms with van der Waals surface area (Å²) in [4.78, 5) is 2.41. The molecule has 67 heavy (non-hydrogen) atoms. The fraction of sp³-hybridized carbons (Fsp3) is 0.0625. The van der Waals surface area contributed by atoms with Crippen LogP contribution in [0.4, 0.5) is 17.1 Å². The number of benzene rings is 10. The predicted octanol–water partition coefficient (Wildman–Crippen LogP) is 17.3. The van der Waals surface area contributed by atoms with E-state index in [1.807, 2.05) is 6.07 Å². The van der Waals surface area contributed by atoms with E-state index < -0.39 is 5.41 Å². The molecule has 0 fully saturated rings. The molecule has 3 heteroatoms. The Morgan fingerprint density at radius 3 is 1.67 bits per heavy atom. The maximum atomic E-state index is 7.21. The molecule has 0 saturated carbocycles. The number of para-hydroxylation sites is 2. The number of rotatable bonds is 6. The zero-order valence-corrected chi connectivity index (χ0v) is 37.1. The zero-order valence-electron chi connectivity index (χ0n) is 37.1. The Labute approximate surface area is 388 Å². The quantitative estimate of drug-likeness (QED) is 0.167. The maximum Gasteiger partial charge on any atom is 0.159 e. The van der Waals surface area contributed by atoms with E-state index in [0.717, 1.165) is 72.1 Å². The SMILES string of the molecule is CC1(C)c2ccccc2-c2ccc(-c3cc(N(c4ccccc4)c4ccc5c(c4)C(c4ccccc4)(c4ccccc4)c4ccccc4-5)c4oc5ccc6oc7ccccc7c6c5c4c3)cc21. The first-order valence-corrected chi connectivity index (χ1v) is 23.2. The van der Waals surface area contributed by atoms with Gasteiger partial charge in [0, 0.05) is 38.3 Å². The van der Waals surface area contributed by atoms with Crippen LogP contribution in [0.2, 0.25) is 0 Å². The third kappa shape index (κ3) is 5.28. The van der Waals surface area contributed by atoms with E-state index in [2.05, 4.69) is 237 Å². The van der Waals surface area contributed by atoms with Gasteiger partial charge in [0.15, 0.2) is 5.58 Å². The van der Waals surface area contributed by atoms with Crippen molar-refractivity contribution in [2.24, 2.45) is 0 Å². The molecule has 0 spiro atoms. The average molecular weight is 858 g/mol. The number of fused-ring (bicyclic) bond motifs is 13. The first kappa shape index (κ1) is 37.9. The van der Waals surface area contributed by atoms with Crippen molar-refractivity contribution in [2.45, 2.75) is 24.7 Å². The van der Waals surface area contributed by atoms with Gasteiger partial charge in [-0.05, 0) is 127 Å². The second kappa shape index (κ2) is 14.1. The monoisotopic (exact) mass is 857 g/mol. The van der Waals surface area contributed by atoms with Gasteiger partial charge in [-0.1, -0.05) is 178 Å². The summed E-state index contributed by atoms with van der Waals surface area (Å²) >= 11 is 0. The van der Waals surface area contributed by atoms with Crippen molar-refractivity contribution in [3.63, 3.8) is 0 Å². The summed E-state index contributed by atoms with van der Waals surface area (Å²) in [7, 11) is 0. The molecule has 0 saturated heterocycles. The van der Waals surface area contributed by atoms with Gasteiger partial charge in [-0.25, -0.2) is 0 Å². The van der Waals surface area contributed by atoms with Crippen molar-refractivity contribution in [3.05, 3.63) is 258 Å². The van der Waals surface area contributed by atoms with Crippen molar-refractivity contribution in [2.75, 3.05) is 4.90 Å². The Kier molecular flexibility index (Phi) is 7.95. The molecule has 10 aromatic carbocycles. The fourth-order valence-corrected chi connectivity index (χ4v) is 12.0. The lowest BCUT2D eigenvalue weighted by Crippen LogP contribution is -2.28. The van der Waals surface area contributed by atoms with Crippen LogP contribution in [0.1, 0.15) is 47.2 Å². The van der Waals surface area contributed by atoms with Gasteiger partial charge in [-0.3, -0.25) is 0 Å². The smallest absolute Gasteiger partial charge is 0.159 e. The number of anilines is 3. The zero-order chi connectivity index (χ0) is 44.4. The second-order valence-corrected chi connectivity index (χ2v) is 18.7. The van der Waals surface area contributed by atoms with Crippen molar-refractivity contribution >= 4 is 60.9 Å². The molecule has 2 aliphatic carbocycles. The summed E-state index contributed by atoms with van der Waals surface area (Å²) in [6, 6.07) is 82.0. The molecule has 0 aliphatic heterocycles. The Bertz CT molecular complexity index is 3910. The van der Waals surface area contributed by atoms with E-state index in [9.17, 15) is 0 Å². The molecule has 0 N–H and O–H groups in total. The summed E-state index contributed by atoms with van der Waals surface area (Å²) in [6.07, 6.45) is 0. The molecular weight excluding hydrogens is 815 g/mol. The number of hydrogen-bond acceptors (Lipinski definition) is 3. The van der Waals surface area contributed by atoms with Gasteiger partial charge in [-0.2, -0.15) is 0 Å². The normalized spacial score (nSPS) is 14.1. The van der Waals surface area contributed by atoms with Gasteiger partial charge < -0.3 is 13.7 Å². The Balaban J connectivity index is 1.08. The van der Waals surface area contributed by atoms with Crippen molar-refractivity contribution in [1.29, 1.82) is 0 Å². The second-order valence-electron chi connectivity index (χ2n) is 18.7. The molecule has 2 heterocycles. The van der Waals surface area contributed by atoms with E-state index in [4.69, 9.17) is 8.83 Å². The minimum Gasteiger partial charge on any atom is -0.456 e. The molecular formula is C64H43NO2. The van der Waals surface area contributed by atoms with E-state index in [0.29, 0.717) is 0 Å². The highest BCUT2D eigenvalue weighted by atomic mass is 16.3. The first-order chi connectivity index (χ1) is 33.0. The molecule has 2 aliphatic rings. The minimum atomic E-state index is -0.563. The van der Waals surface area contributed by atoms with Gasteiger partial charge in [0.25, 0.3) is 0 Å². The van der Waals surface area contributed by atoms with Crippen LogP contribution in [0.3, 0.4) is 0 Å². The van der Waals surface area contributed by atoms with Gasteiger partial charge >= 0.3 is 0 Å². The van der Waals surface area contributed by atoms with Gasteiger partial charge in [0.2, 0.25) is 0 Å². The van der Waals surface area contributed by atoms with Crippen LogP contribution >= 0.6 is 0 Å². The van der Waals surface area contributed by atoms with Crippen molar-refractivity contribution in [1.82, 2.24) is 0 Å². The molecule has 0 bridgehead atoms. The highest BCUT2D eigenvalue weighted by Gasteiger charge is 2.46. The van der Waals surface area contributed by atoms with E-state index in [1.165, 1.54) is 55.6 Å². The topological polar surface area (TPSA) is 29.5 Å². The summed E-state index contributed by atoms with van der Waals surface area (Å²) in [6.45, 7) is 4.71. The van der Waals surface area contributed by atoms with Crippen LogP contribution in [0.25, 0.3) is 77.3 Å². The van der Waals surface area contributed by atoms with E-state index in [1.54, 1.807) is 0 Å². The third-order valence-corrected chi connectivity index (χ3v) is 14.9. The molecule has 0 radical (unpaired) electrons. The molecule has 0 amide bonds. The standard InChI is InChI=1S/C64H43NO2/c1-63(2)52-27-15-12-24-46(52)48-32-30-40(37-54(48)63)41-36-51-61-59(35-34-58-60(61)50-26-14-17-29-57(50)66-58)67-62(51)56(38-41)65(44-22-10-5-11-23-44)45-31-33-49-47-25-13-16-28-53(47)64(55(49)39-45,42-18-6-3-7-19-42)43-20-8-4-9-21-43/h3-39H,1-2H3. The lowest BCUT2D eigenvalue weighted by molar-refractivity contribution is 0.660. The number of hydrogen-bond donors (Lipinski definition) is 0. The lowest BCUT2D eigenvalue weighted by atomic mass is 9.67. The van der Waals surface area contributed by atoms with Gasteiger partial charge in [0.05, 0.1) is 11.1 Å². The average Bonchev–Trinajstić information content (AvgIpc) is 4.10. The Hall–Kier alpha value is -8.40.